The third-order valence-electron chi connectivity index (χ3n) is 3.39. The van der Waals surface area contributed by atoms with Crippen LogP contribution in [0.1, 0.15) is 31.2 Å². The van der Waals surface area contributed by atoms with Crippen LogP contribution in [0, 0.1) is 11.6 Å². The first-order chi connectivity index (χ1) is 9.08. The molecule has 0 spiro atoms. The number of halogens is 3. The van der Waals surface area contributed by atoms with Gasteiger partial charge in [0.2, 0.25) is 0 Å². The molecular formula is C14H17BrF2O2. The van der Waals surface area contributed by atoms with Crippen molar-refractivity contribution < 1.29 is 18.6 Å². The largest absolute Gasteiger partial charge is 0.393 e. The average Bonchev–Trinajstić information content (AvgIpc) is 2.40. The van der Waals surface area contributed by atoms with Crippen molar-refractivity contribution in [1.82, 2.24) is 0 Å². The highest BCUT2D eigenvalue weighted by Crippen LogP contribution is 2.24. The molecule has 1 fully saturated rings. The van der Waals surface area contributed by atoms with Crippen LogP contribution in [-0.4, -0.2) is 23.9 Å². The van der Waals surface area contributed by atoms with Crippen molar-refractivity contribution in [3.8, 4) is 0 Å². The van der Waals surface area contributed by atoms with Crippen molar-refractivity contribution in [3.05, 3.63) is 33.8 Å². The van der Waals surface area contributed by atoms with Gasteiger partial charge in [0.25, 0.3) is 0 Å². The fourth-order valence-corrected chi connectivity index (χ4v) is 2.74. The van der Waals surface area contributed by atoms with Gasteiger partial charge in [0.1, 0.15) is 11.6 Å². The minimum Gasteiger partial charge on any atom is -0.393 e. The van der Waals surface area contributed by atoms with Crippen molar-refractivity contribution in [1.29, 1.82) is 0 Å². The smallest absolute Gasteiger partial charge is 0.143 e. The van der Waals surface area contributed by atoms with E-state index in [1.807, 2.05) is 0 Å². The van der Waals surface area contributed by atoms with Crippen LogP contribution >= 0.6 is 15.9 Å². The van der Waals surface area contributed by atoms with Gasteiger partial charge in [-0.2, -0.15) is 0 Å². The van der Waals surface area contributed by atoms with Crippen LogP contribution in [-0.2, 0) is 11.2 Å². The zero-order valence-corrected chi connectivity index (χ0v) is 12.1. The van der Waals surface area contributed by atoms with E-state index in [9.17, 15) is 13.9 Å². The lowest BCUT2D eigenvalue weighted by Gasteiger charge is -2.25. The quantitative estimate of drug-likeness (QED) is 0.852. The Labute approximate surface area is 119 Å². The van der Waals surface area contributed by atoms with Crippen LogP contribution in [0.15, 0.2) is 16.6 Å². The molecule has 1 N–H and O–H groups in total. The Bertz CT molecular complexity index is 434. The molecule has 0 amide bonds. The van der Waals surface area contributed by atoms with Crippen LogP contribution in [0.3, 0.4) is 0 Å². The van der Waals surface area contributed by atoms with Crippen molar-refractivity contribution in [2.75, 3.05) is 6.61 Å². The number of hydrogen-bond donors (Lipinski definition) is 1. The predicted molar refractivity (Wildman–Crippen MR) is 72.0 cm³/mol. The van der Waals surface area contributed by atoms with Crippen molar-refractivity contribution >= 4 is 15.9 Å². The molecule has 0 aromatic heterocycles. The summed E-state index contributed by atoms with van der Waals surface area (Å²) in [7, 11) is 0. The first-order valence-electron chi connectivity index (χ1n) is 6.50. The first kappa shape index (κ1) is 14.9. The zero-order chi connectivity index (χ0) is 13.8. The van der Waals surface area contributed by atoms with E-state index in [1.54, 1.807) is 0 Å². The van der Waals surface area contributed by atoms with Crippen molar-refractivity contribution in [2.45, 2.75) is 44.3 Å². The molecule has 0 bridgehead atoms. The summed E-state index contributed by atoms with van der Waals surface area (Å²) in [5.41, 5.74) is -0.0716. The first-order valence-corrected chi connectivity index (χ1v) is 7.29. The molecule has 2 atom stereocenters. The lowest BCUT2D eigenvalue weighted by Crippen LogP contribution is -2.26. The minimum absolute atomic E-state index is 0.00188. The van der Waals surface area contributed by atoms with Gasteiger partial charge in [0.15, 0.2) is 0 Å². The van der Waals surface area contributed by atoms with Crippen molar-refractivity contribution in [2.24, 2.45) is 0 Å². The Morgan fingerprint density at radius 3 is 2.84 bits per heavy atom. The van der Waals surface area contributed by atoms with Gasteiger partial charge in [0, 0.05) is 18.6 Å². The van der Waals surface area contributed by atoms with E-state index in [0.717, 1.165) is 19.3 Å². The standard InChI is InChI=1S/C14H17BrF2O2/c15-12-4-5-13(16)11(14(12)17)8-9(18)7-10-3-1-2-6-19-10/h4-5,9-10,18H,1-3,6-8H2. The second kappa shape index (κ2) is 6.77. The molecule has 2 unspecified atom stereocenters. The Hall–Kier alpha value is -0.520. The summed E-state index contributed by atoms with van der Waals surface area (Å²) in [6.45, 7) is 0.705. The summed E-state index contributed by atoms with van der Waals surface area (Å²) in [5, 5.41) is 9.97. The van der Waals surface area contributed by atoms with Gasteiger partial charge in [0.05, 0.1) is 16.7 Å². The van der Waals surface area contributed by atoms with Crippen molar-refractivity contribution in [3.63, 3.8) is 0 Å². The maximum atomic E-state index is 13.8. The number of rotatable bonds is 4. The number of hydrogen-bond acceptors (Lipinski definition) is 2. The van der Waals surface area contributed by atoms with Gasteiger partial charge in [-0.3, -0.25) is 0 Å². The molecule has 1 aromatic rings. The Morgan fingerprint density at radius 2 is 2.16 bits per heavy atom. The Balaban J connectivity index is 1.98. The van der Waals surface area contributed by atoms with Gasteiger partial charge in [-0.05, 0) is 53.7 Å². The van der Waals surface area contributed by atoms with Gasteiger partial charge in [-0.1, -0.05) is 0 Å². The molecule has 1 heterocycles. The number of aliphatic hydroxyl groups is 1. The summed E-state index contributed by atoms with van der Waals surface area (Å²) in [5.74, 6) is -1.26. The molecule has 106 valence electrons. The Kier molecular flexibility index (Phi) is 5.30. The molecule has 19 heavy (non-hydrogen) atoms. The zero-order valence-electron chi connectivity index (χ0n) is 10.5. The highest BCUT2D eigenvalue weighted by molar-refractivity contribution is 9.10. The van der Waals surface area contributed by atoms with Gasteiger partial charge in [-0.25, -0.2) is 8.78 Å². The summed E-state index contributed by atoms with van der Waals surface area (Å²) in [6, 6.07) is 2.52. The molecule has 1 aliphatic heterocycles. The van der Waals surface area contributed by atoms with E-state index >= 15 is 0 Å². The summed E-state index contributed by atoms with van der Waals surface area (Å²) in [6.07, 6.45) is 2.63. The van der Waals surface area contributed by atoms with E-state index in [-0.39, 0.29) is 22.6 Å². The highest BCUT2D eigenvalue weighted by atomic mass is 79.9. The molecule has 2 nitrogen and oxygen atoms in total. The third kappa shape index (κ3) is 3.97. The molecule has 0 aliphatic carbocycles. The fourth-order valence-electron chi connectivity index (χ4n) is 2.37. The lowest BCUT2D eigenvalue weighted by molar-refractivity contribution is -0.0150. The SMILES string of the molecule is OC(Cc1c(F)ccc(Br)c1F)CC1CCCCO1. The molecule has 1 aliphatic rings. The minimum atomic E-state index is -0.790. The second-order valence-corrected chi connectivity index (χ2v) is 5.76. The topological polar surface area (TPSA) is 29.5 Å². The second-order valence-electron chi connectivity index (χ2n) is 4.90. The monoisotopic (exact) mass is 334 g/mol. The van der Waals surface area contributed by atoms with E-state index in [4.69, 9.17) is 4.74 Å². The fraction of sp³-hybridized carbons (Fsp3) is 0.571. The molecule has 1 aromatic carbocycles. The lowest BCUT2D eigenvalue weighted by atomic mass is 9.98. The van der Waals surface area contributed by atoms with Gasteiger partial charge < -0.3 is 9.84 Å². The third-order valence-corrected chi connectivity index (χ3v) is 4.00. The highest BCUT2D eigenvalue weighted by Gasteiger charge is 2.21. The predicted octanol–water partition coefficient (Wildman–Crippen LogP) is 3.59. The normalized spacial score (nSPS) is 21.4. The molecule has 2 rings (SSSR count). The number of aliphatic hydroxyl groups excluding tert-OH is 1. The summed E-state index contributed by atoms with van der Waals surface area (Å²) in [4.78, 5) is 0. The molecule has 0 radical (unpaired) electrons. The van der Waals surface area contributed by atoms with E-state index in [1.165, 1.54) is 12.1 Å². The molecular weight excluding hydrogens is 318 g/mol. The number of benzene rings is 1. The van der Waals surface area contributed by atoms with E-state index in [0.29, 0.717) is 13.0 Å². The molecule has 5 heteroatoms. The summed E-state index contributed by atoms with van der Waals surface area (Å²) < 4.78 is 33.1. The van der Waals surface area contributed by atoms with Crippen LogP contribution in [0.4, 0.5) is 8.78 Å². The Morgan fingerprint density at radius 1 is 1.37 bits per heavy atom. The average molecular weight is 335 g/mol. The van der Waals surface area contributed by atoms with Crippen LogP contribution < -0.4 is 0 Å². The van der Waals surface area contributed by atoms with Gasteiger partial charge in [-0.15, -0.1) is 0 Å². The van der Waals surface area contributed by atoms with Gasteiger partial charge >= 0.3 is 0 Å². The molecule has 1 saturated heterocycles. The van der Waals surface area contributed by atoms with Crippen LogP contribution in [0.5, 0.6) is 0 Å². The van der Waals surface area contributed by atoms with E-state index < -0.39 is 17.7 Å². The summed E-state index contributed by atoms with van der Waals surface area (Å²) >= 11 is 3.02. The van der Waals surface area contributed by atoms with Crippen LogP contribution in [0.2, 0.25) is 0 Å². The number of ether oxygens (including phenoxy) is 1. The maximum Gasteiger partial charge on any atom is 0.143 e. The maximum absolute atomic E-state index is 13.8. The van der Waals surface area contributed by atoms with Crippen LogP contribution in [0.25, 0.3) is 0 Å². The van der Waals surface area contributed by atoms with E-state index in [2.05, 4.69) is 15.9 Å². The molecule has 0 saturated carbocycles.